The third-order valence-corrected chi connectivity index (χ3v) is 3.30. The van der Waals surface area contributed by atoms with Crippen molar-refractivity contribution in [2.24, 2.45) is 5.73 Å². The van der Waals surface area contributed by atoms with E-state index < -0.39 is 5.91 Å². The number of carbonyl (C=O) groups excluding carboxylic acids is 1. The van der Waals surface area contributed by atoms with E-state index in [0.717, 1.165) is 43.7 Å². The summed E-state index contributed by atoms with van der Waals surface area (Å²) < 4.78 is 0. The summed E-state index contributed by atoms with van der Waals surface area (Å²) in [5, 5.41) is 0. The fourth-order valence-electron chi connectivity index (χ4n) is 2.22. The number of likely N-dealkylation sites (N-methyl/N-ethyl adjacent to an activating group) is 1. The number of pyridine rings is 1. The summed E-state index contributed by atoms with van der Waals surface area (Å²) >= 11 is 0. The van der Waals surface area contributed by atoms with Crippen LogP contribution in [0.3, 0.4) is 0 Å². The van der Waals surface area contributed by atoms with Gasteiger partial charge in [0.25, 0.3) is 11.5 Å². The van der Waals surface area contributed by atoms with Crippen LogP contribution in [-0.4, -0.2) is 35.4 Å². The monoisotopic (exact) mass is 235 g/mol. The highest BCUT2D eigenvalue weighted by molar-refractivity contribution is 5.92. The first-order valence-corrected chi connectivity index (χ1v) is 5.89. The van der Waals surface area contributed by atoms with E-state index in [4.69, 9.17) is 5.73 Å². The standard InChI is InChI=1S/C12H17N3O2/c1-2-15-5-3-8-7-9(11(13)16)12(17)14-10(8)4-6-15/h7H,2-6H2,1H3,(H2,13,16)(H,14,17). The molecule has 1 aliphatic heterocycles. The van der Waals surface area contributed by atoms with Crippen molar-refractivity contribution < 1.29 is 4.79 Å². The van der Waals surface area contributed by atoms with Crippen molar-refractivity contribution in [2.75, 3.05) is 19.6 Å². The van der Waals surface area contributed by atoms with Crippen LogP contribution in [-0.2, 0) is 12.8 Å². The zero-order valence-electron chi connectivity index (χ0n) is 9.95. The average molecular weight is 235 g/mol. The molecule has 5 nitrogen and oxygen atoms in total. The molecule has 2 rings (SSSR count). The van der Waals surface area contributed by atoms with Gasteiger partial charge < -0.3 is 15.6 Å². The molecule has 5 heteroatoms. The summed E-state index contributed by atoms with van der Waals surface area (Å²) in [5.41, 5.74) is 6.84. The molecule has 2 heterocycles. The largest absolute Gasteiger partial charge is 0.365 e. The lowest BCUT2D eigenvalue weighted by molar-refractivity contribution is 0.0998. The van der Waals surface area contributed by atoms with Gasteiger partial charge in [-0.05, 0) is 24.6 Å². The SMILES string of the molecule is CCN1CCc2cc(C(N)=O)c(=O)[nH]c2CC1. The van der Waals surface area contributed by atoms with Gasteiger partial charge >= 0.3 is 0 Å². The number of aromatic nitrogens is 1. The minimum atomic E-state index is -0.661. The Morgan fingerprint density at radius 1 is 1.47 bits per heavy atom. The molecule has 1 aromatic rings. The summed E-state index contributed by atoms with van der Waals surface area (Å²) in [5.74, 6) is -0.661. The number of nitrogens with two attached hydrogens (primary N) is 1. The number of fused-ring (bicyclic) bond motifs is 1. The smallest absolute Gasteiger partial charge is 0.261 e. The highest BCUT2D eigenvalue weighted by atomic mass is 16.2. The van der Waals surface area contributed by atoms with Crippen LogP contribution in [0.4, 0.5) is 0 Å². The van der Waals surface area contributed by atoms with Gasteiger partial charge in [-0.15, -0.1) is 0 Å². The van der Waals surface area contributed by atoms with Gasteiger partial charge in [-0.25, -0.2) is 0 Å². The van der Waals surface area contributed by atoms with E-state index >= 15 is 0 Å². The zero-order chi connectivity index (χ0) is 12.4. The van der Waals surface area contributed by atoms with Gasteiger partial charge in [0.05, 0.1) is 0 Å². The van der Waals surface area contributed by atoms with Crippen molar-refractivity contribution in [3.63, 3.8) is 0 Å². The van der Waals surface area contributed by atoms with Crippen molar-refractivity contribution >= 4 is 5.91 Å². The van der Waals surface area contributed by atoms with E-state index in [-0.39, 0.29) is 11.1 Å². The lowest BCUT2D eigenvalue weighted by Gasteiger charge is -2.16. The maximum Gasteiger partial charge on any atom is 0.261 e. The minimum absolute atomic E-state index is 0.0636. The van der Waals surface area contributed by atoms with E-state index in [2.05, 4.69) is 16.8 Å². The molecular formula is C12H17N3O2. The van der Waals surface area contributed by atoms with Crippen LogP contribution in [0, 0.1) is 0 Å². The highest BCUT2D eigenvalue weighted by Gasteiger charge is 2.16. The fraction of sp³-hybridized carbons (Fsp3) is 0.500. The van der Waals surface area contributed by atoms with E-state index in [0.29, 0.717) is 0 Å². The topological polar surface area (TPSA) is 79.2 Å². The first-order chi connectivity index (χ1) is 8.11. The van der Waals surface area contributed by atoms with Crippen molar-refractivity contribution in [3.05, 3.63) is 33.2 Å². The number of rotatable bonds is 2. The second-order valence-electron chi connectivity index (χ2n) is 4.31. The van der Waals surface area contributed by atoms with E-state index in [1.165, 1.54) is 0 Å². The van der Waals surface area contributed by atoms with Crippen molar-refractivity contribution in [2.45, 2.75) is 19.8 Å². The Morgan fingerprint density at radius 2 is 2.18 bits per heavy atom. The summed E-state index contributed by atoms with van der Waals surface area (Å²) in [7, 11) is 0. The van der Waals surface area contributed by atoms with Crippen molar-refractivity contribution in [1.29, 1.82) is 0 Å². The lowest BCUT2D eigenvalue weighted by atomic mass is 10.1. The molecule has 3 N–H and O–H groups in total. The molecule has 0 unspecified atom stereocenters. The van der Waals surface area contributed by atoms with E-state index in [9.17, 15) is 9.59 Å². The van der Waals surface area contributed by atoms with E-state index in [1.807, 2.05) is 0 Å². The number of H-pyrrole nitrogens is 1. The summed E-state index contributed by atoms with van der Waals surface area (Å²) in [6.07, 6.45) is 1.66. The van der Waals surface area contributed by atoms with Crippen LogP contribution in [0.25, 0.3) is 0 Å². The Morgan fingerprint density at radius 3 is 2.82 bits per heavy atom. The van der Waals surface area contributed by atoms with Crippen LogP contribution < -0.4 is 11.3 Å². The molecule has 1 aromatic heterocycles. The predicted octanol–water partition coefficient (Wildman–Crippen LogP) is -0.106. The van der Waals surface area contributed by atoms with Gasteiger partial charge in [0, 0.05) is 25.2 Å². The first-order valence-electron chi connectivity index (χ1n) is 5.89. The minimum Gasteiger partial charge on any atom is -0.365 e. The Kier molecular flexibility index (Phi) is 3.28. The van der Waals surface area contributed by atoms with Crippen molar-refractivity contribution in [3.8, 4) is 0 Å². The van der Waals surface area contributed by atoms with Crippen LogP contribution in [0.5, 0.6) is 0 Å². The molecule has 1 amide bonds. The number of aromatic amines is 1. The highest BCUT2D eigenvalue weighted by Crippen LogP contribution is 2.13. The van der Waals surface area contributed by atoms with Crippen molar-refractivity contribution in [1.82, 2.24) is 9.88 Å². The Labute approximate surface area is 99.6 Å². The molecular weight excluding hydrogens is 218 g/mol. The number of nitrogens with zero attached hydrogens (tertiary/aromatic N) is 1. The normalized spacial score (nSPS) is 16.3. The fourth-order valence-corrected chi connectivity index (χ4v) is 2.22. The third kappa shape index (κ3) is 2.39. The van der Waals surface area contributed by atoms with Gasteiger partial charge in [0.15, 0.2) is 0 Å². The number of hydrogen-bond acceptors (Lipinski definition) is 3. The Bertz CT molecular complexity index is 493. The number of hydrogen-bond donors (Lipinski definition) is 2. The number of amides is 1. The molecule has 0 saturated heterocycles. The quantitative estimate of drug-likeness (QED) is 0.751. The van der Waals surface area contributed by atoms with Crippen LogP contribution in [0.1, 0.15) is 28.5 Å². The van der Waals surface area contributed by atoms with Gasteiger partial charge in [-0.3, -0.25) is 9.59 Å². The average Bonchev–Trinajstić information content (AvgIpc) is 2.49. The van der Waals surface area contributed by atoms with E-state index in [1.54, 1.807) is 6.07 Å². The Balaban J connectivity index is 2.38. The molecule has 0 aliphatic carbocycles. The summed E-state index contributed by atoms with van der Waals surface area (Å²) in [6, 6.07) is 1.65. The summed E-state index contributed by atoms with van der Waals surface area (Å²) in [4.78, 5) is 27.8. The second kappa shape index (κ2) is 4.71. The van der Waals surface area contributed by atoms with Gasteiger partial charge in [-0.1, -0.05) is 6.92 Å². The molecule has 92 valence electrons. The van der Waals surface area contributed by atoms with Gasteiger partial charge in [0.1, 0.15) is 5.56 Å². The van der Waals surface area contributed by atoms with Crippen LogP contribution >= 0.6 is 0 Å². The number of nitrogens with one attached hydrogen (secondary N) is 1. The third-order valence-electron chi connectivity index (χ3n) is 3.30. The predicted molar refractivity (Wildman–Crippen MR) is 65.1 cm³/mol. The molecule has 0 radical (unpaired) electrons. The second-order valence-corrected chi connectivity index (χ2v) is 4.31. The summed E-state index contributed by atoms with van der Waals surface area (Å²) in [6.45, 7) is 5.01. The molecule has 17 heavy (non-hydrogen) atoms. The number of primary amides is 1. The Hall–Kier alpha value is -1.62. The lowest BCUT2D eigenvalue weighted by Crippen LogP contribution is -2.26. The van der Waals surface area contributed by atoms with Crippen LogP contribution in [0.2, 0.25) is 0 Å². The number of carbonyl (C=O) groups is 1. The molecule has 0 atom stereocenters. The zero-order valence-corrected chi connectivity index (χ0v) is 9.95. The molecule has 0 bridgehead atoms. The molecule has 0 spiro atoms. The maximum absolute atomic E-state index is 11.6. The maximum atomic E-state index is 11.6. The van der Waals surface area contributed by atoms with Gasteiger partial charge in [0.2, 0.25) is 0 Å². The van der Waals surface area contributed by atoms with Crippen LogP contribution in [0.15, 0.2) is 10.9 Å². The molecule has 1 aliphatic rings. The molecule has 0 fully saturated rings. The van der Waals surface area contributed by atoms with Gasteiger partial charge in [-0.2, -0.15) is 0 Å². The molecule has 0 aromatic carbocycles. The molecule has 0 saturated carbocycles. The first kappa shape index (κ1) is 11.9.